The minimum atomic E-state index is -0.243. The maximum atomic E-state index is 12.9. The van der Waals surface area contributed by atoms with Gasteiger partial charge in [0.1, 0.15) is 5.75 Å². The highest BCUT2D eigenvalue weighted by molar-refractivity contribution is 6.09. The number of benzene rings is 1. The van der Waals surface area contributed by atoms with Crippen molar-refractivity contribution in [1.29, 1.82) is 0 Å². The highest BCUT2D eigenvalue weighted by atomic mass is 16.3. The number of aromatic nitrogens is 1. The van der Waals surface area contributed by atoms with E-state index in [-0.39, 0.29) is 16.6 Å². The van der Waals surface area contributed by atoms with Gasteiger partial charge in [-0.1, -0.05) is 48.5 Å². The Morgan fingerprint density at radius 2 is 1.46 bits per heavy atom. The average Bonchev–Trinajstić information content (AvgIpc) is 2.93. The summed E-state index contributed by atoms with van der Waals surface area (Å²) in [6.45, 7) is 14.4. The monoisotopic (exact) mass is 327 g/mol. The molecule has 0 unspecified atom stereocenters. The van der Waals surface area contributed by atoms with Crippen LogP contribution in [0.4, 0.5) is 0 Å². The fourth-order valence-electron chi connectivity index (χ4n) is 2.85. The van der Waals surface area contributed by atoms with Crippen LogP contribution in [-0.4, -0.2) is 15.9 Å². The summed E-state index contributed by atoms with van der Waals surface area (Å²) in [5, 5.41) is 10.8. The number of hydrogen-bond acceptors (Lipinski definition) is 2. The molecule has 0 bridgehead atoms. The number of nitrogens with one attached hydrogen (secondary N) is 1. The molecule has 0 spiro atoms. The Bertz CT molecular complexity index is 720. The van der Waals surface area contributed by atoms with Crippen LogP contribution in [0.15, 0.2) is 24.4 Å². The summed E-state index contributed by atoms with van der Waals surface area (Å²) >= 11 is 0. The van der Waals surface area contributed by atoms with E-state index in [4.69, 9.17) is 0 Å². The molecule has 0 fully saturated rings. The van der Waals surface area contributed by atoms with Gasteiger partial charge in [0.2, 0.25) is 0 Å². The van der Waals surface area contributed by atoms with E-state index in [0.29, 0.717) is 16.9 Å². The summed E-state index contributed by atoms with van der Waals surface area (Å²) < 4.78 is 0. The first-order valence-corrected chi connectivity index (χ1v) is 8.55. The quantitative estimate of drug-likeness (QED) is 0.770. The van der Waals surface area contributed by atoms with E-state index < -0.39 is 0 Å². The highest BCUT2D eigenvalue weighted by Crippen LogP contribution is 2.40. The van der Waals surface area contributed by atoms with Gasteiger partial charge in [0, 0.05) is 34.1 Å². The van der Waals surface area contributed by atoms with Crippen molar-refractivity contribution < 1.29 is 9.90 Å². The predicted molar refractivity (Wildman–Crippen MR) is 99.1 cm³/mol. The summed E-state index contributed by atoms with van der Waals surface area (Å²) in [6.07, 6.45) is 2.63. The lowest BCUT2D eigenvalue weighted by atomic mass is 9.78. The molecule has 130 valence electrons. The molecule has 0 atom stereocenters. The van der Waals surface area contributed by atoms with Crippen LogP contribution in [-0.2, 0) is 17.3 Å². The van der Waals surface area contributed by atoms with E-state index in [1.807, 2.05) is 59.7 Å². The lowest BCUT2D eigenvalue weighted by Crippen LogP contribution is -2.19. The zero-order valence-corrected chi connectivity index (χ0v) is 15.9. The van der Waals surface area contributed by atoms with Crippen molar-refractivity contribution in [3.8, 4) is 5.75 Å². The van der Waals surface area contributed by atoms with E-state index in [1.54, 1.807) is 6.20 Å². The Hall–Kier alpha value is -2.03. The Labute approximate surface area is 145 Å². The molecule has 0 radical (unpaired) electrons. The largest absolute Gasteiger partial charge is 0.507 e. The predicted octanol–water partition coefficient (Wildman–Crippen LogP) is 5.11. The molecule has 0 aliphatic carbocycles. The summed E-state index contributed by atoms with van der Waals surface area (Å²) in [7, 11) is 0. The zero-order chi connectivity index (χ0) is 18.3. The van der Waals surface area contributed by atoms with Gasteiger partial charge in [-0.05, 0) is 35.4 Å². The topological polar surface area (TPSA) is 53.1 Å². The molecule has 1 heterocycles. The number of ketones is 1. The number of rotatable bonds is 3. The molecule has 0 saturated heterocycles. The fraction of sp³-hybridized carbons (Fsp3) is 0.476. The summed E-state index contributed by atoms with van der Waals surface area (Å²) in [4.78, 5) is 16.1. The molecule has 24 heavy (non-hydrogen) atoms. The Kier molecular flexibility index (Phi) is 4.67. The number of H-pyrrole nitrogens is 1. The van der Waals surface area contributed by atoms with Gasteiger partial charge in [-0.2, -0.15) is 0 Å². The highest BCUT2D eigenvalue weighted by Gasteiger charge is 2.28. The molecule has 2 aromatic rings. The van der Waals surface area contributed by atoms with Crippen LogP contribution in [0.5, 0.6) is 5.75 Å². The molecule has 0 aliphatic rings. The van der Waals surface area contributed by atoms with Gasteiger partial charge in [-0.15, -0.1) is 0 Å². The van der Waals surface area contributed by atoms with Crippen LogP contribution >= 0.6 is 0 Å². The van der Waals surface area contributed by atoms with Crippen LogP contribution in [0, 0.1) is 0 Å². The van der Waals surface area contributed by atoms with Crippen LogP contribution in [0.3, 0.4) is 0 Å². The minimum absolute atomic E-state index is 0.0121. The van der Waals surface area contributed by atoms with E-state index in [2.05, 4.69) is 11.9 Å². The third-order valence-electron chi connectivity index (χ3n) is 4.37. The molecule has 0 saturated carbocycles. The SMILES string of the molecule is CCc1cc(C(=O)c2cc(C(C)(C)C)c(O)c(C(C)(C)C)c2)c[nH]1. The second kappa shape index (κ2) is 6.12. The van der Waals surface area contributed by atoms with Gasteiger partial charge < -0.3 is 10.1 Å². The number of carbonyl (C=O) groups excluding carboxylic acids is 1. The van der Waals surface area contributed by atoms with Gasteiger partial charge >= 0.3 is 0 Å². The Morgan fingerprint density at radius 3 is 1.83 bits per heavy atom. The number of aromatic hydroxyl groups is 1. The van der Waals surface area contributed by atoms with Crippen molar-refractivity contribution in [1.82, 2.24) is 4.98 Å². The van der Waals surface area contributed by atoms with Crippen molar-refractivity contribution in [2.24, 2.45) is 0 Å². The van der Waals surface area contributed by atoms with Crippen LogP contribution in [0.1, 0.15) is 81.2 Å². The third-order valence-corrected chi connectivity index (χ3v) is 4.37. The lowest BCUT2D eigenvalue weighted by molar-refractivity contribution is 0.103. The summed E-state index contributed by atoms with van der Waals surface area (Å²) in [6, 6.07) is 5.58. The first-order valence-electron chi connectivity index (χ1n) is 8.55. The van der Waals surface area contributed by atoms with Gasteiger partial charge in [0.05, 0.1) is 0 Å². The number of carbonyl (C=O) groups is 1. The molecule has 3 nitrogen and oxygen atoms in total. The maximum Gasteiger partial charge on any atom is 0.194 e. The van der Waals surface area contributed by atoms with Crippen molar-refractivity contribution in [3.05, 3.63) is 52.3 Å². The molecular weight excluding hydrogens is 298 g/mol. The maximum absolute atomic E-state index is 12.9. The minimum Gasteiger partial charge on any atom is -0.507 e. The molecule has 0 amide bonds. The van der Waals surface area contributed by atoms with E-state index in [9.17, 15) is 9.90 Å². The summed E-state index contributed by atoms with van der Waals surface area (Å²) in [5.41, 5.74) is 3.47. The third kappa shape index (κ3) is 3.55. The van der Waals surface area contributed by atoms with Gasteiger partial charge in [-0.3, -0.25) is 4.79 Å². The van der Waals surface area contributed by atoms with Crippen LogP contribution < -0.4 is 0 Å². The van der Waals surface area contributed by atoms with E-state index in [1.165, 1.54) is 0 Å². The number of aromatic amines is 1. The first-order chi connectivity index (χ1) is 10.9. The second-order valence-electron chi connectivity index (χ2n) is 8.52. The Morgan fingerprint density at radius 1 is 0.958 bits per heavy atom. The Balaban J connectivity index is 2.63. The lowest BCUT2D eigenvalue weighted by Gasteiger charge is -2.28. The number of hydrogen-bond donors (Lipinski definition) is 2. The molecule has 2 rings (SSSR count). The molecule has 0 aliphatic heterocycles. The van der Waals surface area contributed by atoms with E-state index >= 15 is 0 Å². The molecule has 2 N–H and O–H groups in total. The van der Waals surface area contributed by atoms with Gasteiger partial charge in [0.25, 0.3) is 0 Å². The number of phenols is 1. The average molecular weight is 327 g/mol. The molecular formula is C21H29NO2. The first kappa shape index (κ1) is 18.3. The molecule has 3 heteroatoms. The molecule has 1 aromatic carbocycles. The number of aryl methyl sites for hydroxylation is 1. The number of phenolic OH excluding ortho intramolecular Hbond substituents is 1. The van der Waals surface area contributed by atoms with Gasteiger partial charge in [0.15, 0.2) is 5.78 Å². The summed E-state index contributed by atoms with van der Waals surface area (Å²) in [5.74, 6) is 0.289. The van der Waals surface area contributed by atoms with E-state index in [0.717, 1.165) is 23.2 Å². The van der Waals surface area contributed by atoms with Crippen LogP contribution in [0.25, 0.3) is 0 Å². The fourth-order valence-corrected chi connectivity index (χ4v) is 2.85. The molecule has 1 aromatic heterocycles. The second-order valence-corrected chi connectivity index (χ2v) is 8.52. The van der Waals surface area contributed by atoms with Crippen molar-refractivity contribution in [2.75, 3.05) is 0 Å². The van der Waals surface area contributed by atoms with Crippen molar-refractivity contribution in [2.45, 2.75) is 65.7 Å². The van der Waals surface area contributed by atoms with Gasteiger partial charge in [-0.25, -0.2) is 0 Å². The smallest absolute Gasteiger partial charge is 0.194 e. The van der Waals surface area contributed by atoms with Crippen molar-refractivity contribution in [3.63, 3.8) is 0 Å². The zero-order valence-electron chi connectivity index (χ0n) is 15.9. The standard InChI is InChI=1S/C21H29NO2/c1-8-15-9-14(12-22-15)18(23)13-10-16(20(2,3)4)19(24)17(11-13)21(5,6)7/h9-12,22,24H,8H2,1-7H3. The van der Waals surface area contributed by atoms with Crippen molar-refractivity contribution >= 4 is 5.78 Å². The van der Waals surface area contributed by atoms with Crippen LogP contribution in [0.2, 0.25) is 0 Å². The normalized spacial score (nSPS) is 12.5.